The molecule has 1 rings (SSSR count). The molecule has 0 aliphatic heterocycles. The largest absolute Gasteiger partial charge is 0.384 e. The third-order valence-corrected chi connectivity index (χ3v) is 2.55. The van der Waals surface area contributed by atoms with Crippen LogP contribution in [0.4, 0.5) is 0 Å². The van der Waals surface area contributed by atoms with Crippen LogP contribution in [0.5, 0.6) is 0 Å². The van der Waals surface area contributed by atoms with E-state index >= 15 is 0 Å². The summed E-state index contributed by atoms with van der Waals surface area (Å²) in [6.07, 6.45) is 0.121. The van der Waals surface area contributed by atoms with Crippen LogP contribution in [0, 0.1) is 25.2 Å². The number of nitriles is 1. The Morgan fingerprint density at radius 1 is 1.36 bits per heavy atom. The van der Waals surface area contributed by atoms with Crippen LogP contribution in [-0.4, -0.2) is 5.11 Å². The van der Waals surface area contributed by atoms with Gasteiger partial charge in [-0.3, -0.25) is 0 Å². The predicted molar refractivity (Wildman–Crippen MR) is 55.7 cm³/mol. The molecule has 0 aromatic heterocycles. The lowest BCUT2D eigenvalue weighted by molar-refractivity contribution is 0.0623. The number of hydrogen-bond donors (Lipinski definition) is 1. The van der Waals surface area contributed by atoms with Crippen molar-refractivity contribution in [3.63, 3.8) is 0 Å². The first-order valence-corrected chi connectivity index (χ1v) is 4.64. The fourth-order valence-electron chi connectivity index (χ4n) is 1.33. The zero-order chi connectivity index (χ0) is 10.8. The van der Waals surface area contributed by atoms with E-state index in [1.54, 1.807) is 6.92 Å². The van der Waals surface area contributed by atoms with Crippen molar-refractivity contribution in [2.75, 3.05) is 0 Å². The number of benzene rings is 1. The lowest BCUT2D eigenvalue weighted by atomic mass is 9.91. The highest BCUT2D eigenvalue weighted by atomic mass is 16.3. The average Bonchev–Trinajstić information content (AvgIpc) is 2.09. The van der Waals surface area contributed by atoms with Gasteiger partial charge in [-0.1, -0.05) is 18.2 Å². The first-order valence-electron chi connectivity index (χ1n) is 4.64. The van der Waals surface area contributed by atoms with Gasteiger partial charge in [0.25, 0.3) is 0 Å². The number of hydrogen-bond acceptors (Lipinski definition) is 2. The van der Waals surface area contributed by atoms with Crippen molar-refractivity contribution < 1.29 is 5.11 Å². The van der Waals surface area contributed by atoms with Crippen LogP contribution in [0.3, 0.4) is 0 Å². The molecule has 0 amide bonds. The van der Waals surface area contributed by atoms with Crippen molar-refractivity contribution in [3.8, 4) is 6.07 Å². The Kier molecular flexibility index (Phi) is 2.93. The molecule has 0 aliphatic carbocycles. The highest BCUT2D eigenvalue weighted by molar-refractivity contribution is 5.33. The topological polar surface area (TPSA) is 44.0 Å². The summed E-state index contributed by atoms with van der Waals surface area (Å²) in [5, 5.41) is 18.6. The van der Waals surface area contributed by atoms with E-state index in [0.717, 1.165) is 11.1 Å². The van der Waals surface area contributed by atoms with E-state index in [2.05, 4.69) is 0 Å². The Morgan fingerprint density at radius 2 is 2.00 bits per heavy atom. The van der Waals surface area contributed by atoms with E-state index in [-0.39, 0.29) is 6.42 Å². The fraction of sp³-hybridized carbons (Fsp3) is 0.417. The molecule has 0 bridgehead atoms. The van der Waals surface area contributed by atoms with E-state index < -0.39 is 5.60 Å². The maximum atomic E-state index is 9.98. The van der Waals surface area contributed by atoms with Gasteiger partial charge in [0.05, 0.1) is 18.1 Å². The van der Waals surface area contributed by atoms with Crippen LogP contribution in [0.15, 0.2) is 18.2 Å². The molecule has 0 saturated carbocycles. The average molecular weight is 189 g/mol. The molecule has 0 saturated heterocycles. The SMILES string of the molecule is Cc1ccc(C(C)(O)CC#N)cc1C. The standard InChI is InChI=1S/C12H15NO/c1-9-4-5-11(8-10(9)2)12(3,14)6-7-13/h4-5,8,14H,6H2,1-3H3. The molecular weight excluding hydrogens is 174 g/mol. The molecule has 0 aliphatic rings. The summed E-state index contributed by atoms with van der Waals surface area (Å²) in [6.45, 7) is 5.69. The summed E-state index contributed by atoms with van der Waals surface area (Å²) >= 11 is 0. The van der Waals surface area contributed by atoms with Crippen LogP contribution >= 0.6 is 0 Å². The van der Waals surface area contributed by atoms with Crippen molar-refractivity contribution in [2.45, 2.75) is 32.8 Å². The van der Waals surface area contributed by atoms with Gasteiger partial charge in [-0.25, -0.2) is 0 Å². The van der Waals surface area contributed by atoms with Gasteiger partial charge in [-0.2, -0.15) is 5.26 Å². The van der Waals surface area contributed by atoms with Gasteiger partial charge >= 0.3 is 0 Å². The van der Waals surface area contributed by atoms with E-state index in [1.807, 2.05) is 38.1 Å². The Morgan fingerprint density at radius 3 is 2.50 bits per heavy atom. The summed E-state index contributed by atoms with van der Waals surface area (Å²) in [5.74, 6) is 0. The molecule has 1 N–H and O–H groups in total. The second kappa shape index (κ2) is 3.81. The summed E-state index contributed by atoms with van der Waals surface area (Å²) in [4.78, 5) is 0. The number of rotatable bonds is 2. The Bertz CT molecular complexity index is 374. The Labute approximate surface area is 84.8 Å². The van der Waals surface area contributed by atoms with Gasteiger partial charge in [0, 0.05) is 0 Å². The molecule has 0 radical (unpaired) electrons. The lowest BCUT2D eigenvalue weighted by Crippen LogP contribution is -2.20. The second-order valence-electron chi connectivity index (χ2n) is 3.91. The summed E-state index contributed by atoms with van der Waals surface area (Å²) in [7, 11) is 0. The molecule has 74 valence electrons. The van der Waals surface area contributed by atoms with Crippen LogP contribution in [0.25, 0.3) is 0 Å². The maximum absolute atomic E-state index is 9.98. The molecule has 0 heterocycles. The van der Waals surface area contributed by atoms with E-state index in [4.69, 9.17) is 5.26 Å². The molecule has 1 aromatic rings. The van der Waals surface area contributed by atoms with Gasteiger partial charge in [0.2, 0.25) is 0 Å². The number of nitrogens with zero attached hydrogens (tertiary/aromatic N) is 1. The number of aliphatic hydroxyl groups is 1. The number of aryl methyl sites for hydroxylation is 2. The minimum Gasteiger partial charge on any atom is -0.384 e. The molecule has 1 unspecified atom stereocenters. The summed E-state index contributed by atoms with van der Waals surface area (Å²) < 4.78 is 0. The predicted octanol–water partition coefficient (Wildman–Crippen LogP) is 2.42. The van der Waals surface area contributed by atoms with Crippen LogP contribution in [0.1, 0.15) is 30.0 Å². The monoisotopic (exact) mass is 189 g/mol. The smallest absolute Gasteiger partial charge is 0.0998 e. The maximum Gasteiger partial charge on any atom is 0.0998 e. The molecule has 1 aromatic carbocycles. The minimum absolute atomic E-state index is 0.121. The first kappa shape index (κ1) is 10.7. The first-order chi connectivity index (χ1) is 6.47. The molecule has 14 heavy (non-hydrogen) atoms. The van der Waals surface area contributed by atoms with E-state index in [9.17, 15) is 5.11 Å². The molecule has 2 heteroatoms. The van der Waals surface area contributed by atoms with E-state index in [1.165, 1.54) is 5.56 Å². The third-order valence-electron chi connectivity index (χ3n) is 2.55. The summed E-state index contributed by atoms with van der Waals surface area (Å²) in [5.41, 5.74) is 2.11. The van der Waals surface area contributed by atoms with Crippen LogP contribution in [-0.2, 0) is 5.60 Å². The van der Waals surface area contributed by atoms with Gasteiger partial charge < -0.3 is 5.11 Å². The zero-order valence-corrected chi connectivity index (χ0v) is 8.83. The normalized spacial score (nSPS) is 14.5. The second-order valence-corrected chi connectivity index (χ2v) is 3.91. The van der Waals surface area contributed by atoms with Crippen molar-refractivity contribution in [2.24, 2.45) is 0 Å². The van der Waals surface area contributed by atoms with Gasteiger partial charge in [-0.05, 0) is 37.5 Å². The molecule has 0 spiro atoms. The Balaban J connectivity index is 3.09. The van der Waals surface area contributed by atoms with Crippen LogP contribution in [0.2, 0.25) is 0 Å². The molecule has 0 fully saturated rings. The lowest BCUT2D eigenvalue weighted by Gasteiger charge is -2.21. The van der Waals surface area contributed by atoms with Gasteiger partial charge in [-0.15, -0.1) is 0 Å². The van der Waals surface area contributed by atoms with Crippen molar-refractivity contribution in [1.82, 2.24) is 0 Å². The fourth-order valence-corrected chi connectivity index (χ4v) is 1.33. The van der Waals surface area contributed by atoms with Gasteiger partial charge in [0.15, 0.2) is 0 Å². The van der Waals surface area contributed by atoms with Crippen molar-refractivity contribution in [1.29, 1.82) is 5.26 Å². The van der Waals surface area contributed by atoms with Gasteiger partial charge in [0.1, 0.15) is 0 Å². The van der Waals surface area contributed by atoms with Crippen LogP contribution < -0.4 is 0 Å². The van der Waals surface area contributed by atoms with E-state index in [0.29, 0.717) is 0 Å². The molecule has 2 nitrogen and oxygen atoms in total. The molecular formula is C12H15NO. The highest BCUT2D eigenvalue weighted by Crippen LogP contribution is 2.25. The quantitative estimate of drug-likeness (QED) is 0.776. The molecule has 1 atom stereocenters. The highest BCUT2D eigenvalue weighted by Gasteiger charge is 2.22. The van der Waals surface area contributed by atoms with Crippen molar-refractivity contribution >= 4 is 0 Å². The summed E-state index contributed by atoms with van der Waals surface area (Å²) in [6, 6.07) is 7.77. The third kappa shape index (κ3) is 2.12. The Hall–Kier alpha value is -1.33. The zero-order valence-electron chi connectivity index (χ0n) is 8.83. The minimum atomic E-state index is -1.03. The van der Waals surface area contributed by atoms with Crippen molar-refractivity contribution in [3.05, 3.63) is 34.9 Å².